The molecule has 5 fully saturated rings. The van der Waals surface area contributed by atoms with Gasteiger partial charge in [-0.05, 0) is 75.2 Å². The van der Waals surface area contributed by atoms with Gasteiger partial charge in [-0.15, -0.1) is 11.8 Å². The second-order valence-corrected chi connectivity index (χ2v) is 17.3. The topological polar surface area (TPSA) is 101 Å². The van der Waals surface area contributed by atoms with E-state index in [2.05, 4.69) is 71.3 Å². The predicted octanol–water partition coefficient (Wildman–Crippen LogP) is 5.38. The summed E-state index contributed by atoms with van der Waals surface area (Å²) in [5.41, 5.74) is 1.94. The summed E-state index contributed by atoms with van der Waals surface area (Å²) in [5, 5.41) is 17.8. The average Bonchev–Trinajstić information content (AvgIpc) is 3.54. The first-order valence-corrected chi connectivity index (χ1v) is 20.5. The van der Waals surface area contributed by atoms with Crippen molar-refractivity contribution in [1.29, 1.82) is 5.26 Å². The molecule has 1 amide bonds. The van der Waals surface area contributed by atoms with Gasteiger partial charge in [-0.25, -0.2) is 0 Å². The lowest BCUT2D eigenvalue weighted by Gasteiger charge is -2.63. The second kappa shape index (κ2) is 15.4. The van der Waals surface area contributed by atoms with E-state index in [1.807, 2.05) is 16.7 Å². The maximum Gasteiger partial charge on any atom is 0.246 e. The molecule has 2 N–H and O–H groups in total. The van der Waals surface area contributed by atoms with Crippen LogP contribution in [0.15, 0.2) is 36.9 Å². The molecule has 1 aromatic rings. The number of ketones is 1. The molecule has 4 heterocycles. The molecule has 2 aliphatic carbocycles. The van der Waals surface area contributed by atoms with Crippen LogP contribution in [0.25, 0.3) is 0 Å². The van der Waals surface area contributed by atoms with Crippen molar-refractivity contribution in [3.05, 3.63) is 48.0 Å². The van der Waals surface area contributed by atoms with Crippen LogP contribution in [0.1, 0.15) is 101 Å². The third kappa shape index (κ3) is 6.49. The SMILES string of the molecule is C=CC(=O)N1CCN(C2NC(OCC3CCCN3C)NC3(C4CCCCCCC4)C(=O)[C@@]4(CCC23)SCc2ccccc2C4C)CC1CC#N. The molecule has 0 bridgehead atoms. The van der Waals surface area contributed by atoms with Gasteiger partial charge in [-0.1, -0.05) is 69.9 Å². The zero-order chi connectivity index (χ0) is 34.9. The minimum absolute atomic E-state index is 0.0356. The lowest BCUT2D eigenvalue weighted by molar-refractivity contribution is -0.169. The van der Waals surface area contributed by atoms with E-state index in [4.69, 9.17) is 4.74 Å². The van der Waals surface area contributed by atoms with Gasteiger partial charge in [0.1, 0.15) is 0 Å². The number of likely N-dealkylation sites (tertiary alicyclic amines) is 1. The van der Waals surface area contributed by atoms with Crippen LogP contribution in [0, 0.1) is 23.2 Å². The van der Waals surface area contributed by atoms with Gasteiger partial charge < -0.3 is 14.5 Å². The van der Waals surface area contributed by atoms with Crippen LogP contribution >= 0.6 is 11.8 Å². The number of likely N-dealkylation sites (N-methyl/N-ethyl adjacent to an activating group) is 1. The Bertz CT molecular complexity index is 1440. The number of benzene rings is 1. The quantitative estimate of drug-likeness (QED) is 0.363. The molecule has 2 saturated carbocycles. The Labute approximate surface area is 303 Å². The van der Waals surface area contributed by atoms with Crippen LogP contribution in [0.4, 0.5) is 0 Å². The number of nitrogens with one attached hydrogen (secondary N) is 2. The van der Waals surface area contributed by atoms with Crippen molar-refractivity contribution >= 4 is 23.5 Å². The first kappa shape index (κ1) is 36.1. The van der Waals surface area contributed by atoms with Gasteiger partial charge in [0.05, 0.1) is 41.6 Å². The van der Waals surface area contributed by atoms with Gasteiger partial charge in [0.15, 0.2) is 12.1 Å². The van der Waals surface area contributed by atoms with Crippen molar-refractivity contribution in [2.45, 2.75) is 131 Å². The van der Waals surface area contributed by atoms with Crippen molar-refractivity contribution in [2.75, 3.05) is 39.8 Å². The molecule has 4 aliphatic heterocycles. The third-order valence-electron chi connectivity index (χ3n) is 13.5. The van der Waals surface area contributed by atoms with Gasteiger partial charge in [0.2, 0.25) is 5.91 Å². The lowest BCUT2D eigenvalue weighted by Crippen LogP contribution is -2.83. The molecule has 10 heteroatoms. The summed E-state index contributed by atoms with van der Waals surface area (Å²) in [4.78, 5) is 35.7. The molecule has 3 saturated heterocycles. The minimum atomic E-state index is -0.746. The molecular formula is C40H58N6O3S. The summed E-state index contributed by atoms with van der Waals surface area (Å²) < 4.78 is 6.35. The van der Waals surface area contributed by atoms with Crippen molar-refractivity contribution in [1.82, 2.24) is 25.3 Å². The number of carbonyl (C=O) groups excluding carboxylic acids is 2. The van der Waals surface area contributed by atoms with E-state index in [1.165, 1.54) is 42.9 Å². The summed E-state index contributed by atoms with van der Waals surface area (Å²) >= 11 is 1.90. The molecule has 1 aromatic carbocycles. The van der Waals surface area contributed by atoms with E-state index in [1.54, 1.807) is 0 Å². The highest BCUT2D eigenvalue weighted by atomic mass is 32.2. The Morgan fingerprint density at radius 1 is 1.08 bits per heavy atom. The molecule has 6 aliphatic rings. The fraction of sp³-hybridized carbons (Fsp3) is 0.725. The fourth-order valence-corrected chi connectivity index (χ4v) is 12.4. The molecule has 8 atom stereocenters. The van der Waals surface area contributed by atoms with Crippen molar-refractivity contribution in [3.63, 3.8) is 0 Å². The van der Waals surface area contributed by atoms with Crippen LogP contribution in [0.2, 0.25) is 0 Å². The predicted molar refractivity (Wildman–Crippen MR) is 198 cm³/mol. The van der Waals surface area contributed by atoms with E-state index in [-0.39, 0.29) is 42.3 Å². The first-order chi connectivity index (χ1) is 24.3. The first-order valence-electron chi connectivity index (χ1n) is 19.5. The van der Waals surface area contributed by atoms with Gasteiger partial charge in [0.25, 0.3) is 0 Å². The number of ether oxygens (including phenoxy) is 1. The molecule has 7 unspecified atom stereocenters. The summed E-state index contributed by atoms with van der Waals surface area (Å²) in [6.07, 6.45) is 13.2. The number of nitriles is 1. The summed E-state index contributed by atoms with van der Waals surface area (Å²) in [6.45, 7) is 9.52. The molecular weight excluding hydrogens is 645 g/mol. The van der Waals surface area contributed by atoms with Gasteiger partial charge in [0, 0.05) is 43.3 Å². The number of carbonyl (C=O) groups is 2. The van der Waals surface area contributed by atoms with Crippen LogP contribution in [0.5, 0.6) is 0 Å². The molecule has 9 nitrogen and oxygen atoms in total. The number of fused-ring (bicyclic) bond motifs is 2. The monoisotopic (exact) mass is 702 g/mol. The molecule has 0 aromatic heterocycles. The fourth-order valence-electron chi connectivity index (χ4n) is 10.7. The summed E-state index contributed by atoms with van der Waals surface area (Å²) in [6, 6.07) is 11.2. The minimum Gasteiger partial charge on any atom is -0.348 e. The smallest absolute Gasteiger partial charge is 0.246 e. The molecule has 0 radical (unpaired) electrons. The van der Waals surface area contributed by atoms with Gasteiger partial charge in [-0.2, -0.15) is 5.26 Å². The van der Waals surface area contributed by atoms with E-state index < -0.39 is 16.6 Å². The number of nitrogens with zero attached hydrogens (tertiary/aromatic N) is 4. The van der Waals surface area contributed by atoms with Crippen molar-refractivity contribution < 1.29 is 14.3 Å². The highest BCUT2D eigenvalue weighted by Crippen LogP contribution is 2.59. The average molecular weight is 703 g/mol. The van der Waals surface area contributed by atoms with E-state index in [0.717, 1.165) is 57.2 Å². The van der Waals surface area contributed by atoms with Crippen LogP contribution in [0.3, 0.4) is 0 Å². The number of rotatable bonds is 7. The number of piperazine rings is 1. The summed E-state index contributed by atoms with van der Waals surface area (Å²) in [7, 11) is 2.19. The lowest BCUT2D eigenvalue weighted by atomic mass is 9.55. The van der Waals surface area contributed by atoms with Crippen molar-refractivity contribution in [2.24, 2.45) is 11.8 Å². The number of hydrogen-bond donors (Lipinski definition) is 2. The molecule has 272 valence electrons. The van der Waals surface area contributed by atoms with E-state index in [9.17, 15) is 10.1 Å². The normalized spacial score (nSPS) is 37.4. The van der Waals surface area contributed by atoms with Gasteiger partial charge in [-0.3, -0.25) is 25.1 Å². The molecule has 7 rings (SSSR count). The van der Waals surface area contributed by atoms with Crippen LogP contribution < -0.4 is 10.6 Å². The van der Waals surface area contributed by atoms with Crippen LogP contribution in [-0.4, -0.2) is 101 Å². The highest BCUT2D eigenvalue weighted by molar-refractivity contribution is 8.00. The highest BCUT2D eigenvalue weighted by Gasteiger charge is 2.67. The third-order valence-corrected chi connectivity index (χ3v) is 15.2. The Morgan fingerprint density at radius 3 is 2.60 bits per heavy atom. The maximum absolute atomic E-state index is 16.1. The number of amides is 1. The molecule has 1 spiro atoms. The zero-order valence-electron chi connectivity index (χ0n) is 30.3. The number of thioether (sulfide) groups is 1. The van der Waals surface area contributed by atoms with Gasteiger partial charge >= 0.3 is 0 Å². The number of hydrogen-bond acceptors (Lipinski definition) is 9. The Hall–Kier alpha value is -2.26. The number of Topliss-reactive ketones (excluding diaryl/α,β-unsaturated/α-hetero) is 1. The summed E-state index contributed by atoms with van der Waals surface area (Å²) in [5.74, 6) is 1.51. The second-order valence-electron chi connectivity index (χ2n) is 16.0. The van der Waals surface area contributed by atoms with E-state index >= 15 is 4.79 Å². The Morgan fingerprint density at radius 2 is 1.86 bits per heavy atom. The standard InChI is InChI=1S/C40H58N6O3S/c1-4-35(47)46-24-23-45(25-31(46)19-21-41)36-34-18-20-39(28(2)33-17-11-10-13-29(33)27-50-39)37(48)40(34,30-14-8-6-5-7-9-15-30)43-38(42-36)49-26-32-16-12-22-44(32)3/h4,10-11,13,17,28,30-32,34,36,38,42-43H,1,5-9,12,14-16,18-20,22-27H2,2-3H3/t28?,31?,32?,34?,36?,38?,39-,40?/m0/s1. The Kier molecular flexibility index (Phi) is 11.1. The van der Waals surface area contributed by atoms with Crippen molar-refractivity contribution in [3.8, 4) is 6.07 Å². The molecule has 50 heavy (non-hydrogen) atoms. The Balaban J connectivity index is 1.29. The maximum atomic E-state index is 16.1. The largest absolute Gasteiger partial charge is 0.348 e. The van der Waals surface area contributed by atoms with E-state index in [0.29, 0.717) is 38.1 Å². The zero-order valence-corrected chi connectivity index (χ0v) is 31.1. The van der Waals surface area contributed by atoms with Crippen LogP contribution in [-0.2, 0) is 20.1 Å².